The number of carbonyl (C=O) groups is 2. The average molecular weight is 289 g/mol. The molecule has 1 heterocycles. The maximum absolute atomic E-state index is 12.0. The van der Waals surface area contributed by atoms with Crippen LogP contribution in [0.3, 0.4) is 0 Å². The Morgan fingerprint density at radius 2 is 1.90 bits per heavy atom. The molecule has 4 nitrogen and oxygen atoms in total. The standard InChI is InChI=1S/C17H23NO3/c1-5-15(20)13-8-9-16-14(10-13)18(12(4)19)11-17(6-2,7-3)21-16/h8-10H,5-7,11H2,1-4H3. The summed E-state index contributed by atoms with van der Waals surface area (Å²) in [6.07, 6.45) is 2.12. The van der Waals surface area contributed by atoms with Gasteiger partial charge in [0.1, 0.15) is 11.4 Å². The van der Waals surface area contributed by atoms with Crippen molar-refractivity contribution in [3.8, 4) is 5.75 Å². The monoisotopic (exact) mass is 289 g/mol. The Kier molecular flexibility index (Phi) is 4.35. The molecule has 0 N–H and O–H groups in total. The number of amides is 1. The molecule has 1 aromatic rings. The molecule has 2 rings (SSSR count). The van der Waals surface area contributed by atoms with Crippen molar-refractivity contribution in [1.29, 1.82) is 0 Å². The molecule has 21 heavy (non-hydrogen) atoms. The molecule has 1 aromatic carbocycles. The van der Waals surface area contributed by atoms with Crippen molar-refractivity contribution in [2.24, 2.45) is 0 Å². The van der Waals surface area contributed by atoms with Crippen LogP contribution >= 0.6 is 0 Å². The second kappa shape index (κ2) is 5.88. The van der Waals surface area contributed by atoms with Crippen LogP contribution in [0.2, 0.25) is 0 Å². The maximum atomic E-state index is 12.0. The van der Waals surface area contributed by atoms with E-state index in [0.717, 1.165) is 12.8 Å². The molecular formula is C17H23NO3. The number of rotatable bonds is 4. The predicted molar refractivity (Wildman–Crippen MR) is 83.0 cm³/mol. The van der Waals surface area contributed by atoms with Crippen LogP contribution in [0, 0.1) is 0 Å². The summed E-state index contributed by atoms with van der Waals surface area (Å²) in [7, 11) is 0. The lowest BCUT2D eigenvalue weighted by Gasteiger charge is -2.43. The average Bonchev–Trinajstić information content (AvgIpc) is 2.52. The highest BCUT2D eigenvalue weighted by Gasteiger charge is 2.38. The van der Waals surface area contributed by atoms with Crippen LogP contribution < -0.4 is 9.64 Å². The second-order valence-electron chi connectivity index (χ2n) is 5.56. The molecule has 0 atom stereocenters. The number of nitrogens with zero attached hydrogens (tertiary/aromatic N) is 1. The van der Waals surface area contributed by atoms with Gasteiger partial charge in [-0.05, 0) is 31.0 Å². The summed E-state index contributed by atoms with van der Waals surface area (Å²) < 4.78 is 6.16. The first-order valence-corrected chi connectivity index (χ1v) is 7.60. The van der Waals surface area contributed by atoms with Crippen molar-refractivity contribution in [3.63, 3.8) is 0 Å². The fourth-order valence-corrected chi connectivity index (χ4v) is 2.73. The normalized spacial score (nSPS) is 16.1. The topological polar surface area (TPSA) is 46.6 Å². The fourth-order valence-electron chi connectivity index (χ4n) is 2.73. The zero-order valence-electron chi connectivity index (χ0n) is 13.2. The number of hydrogen-bond donors (Lipinski definition) is 0. The van der Waals surface area contributed by atoms with Crippen molar-refractivity contribution in [3.05, 3.63) is 23.8 Å². The highest BCUT2D eigenvalue weighted by molar-refractivity contribution is 6.00. The highest BCUT2D eigenvalue weighted by atomic mass is 16.5. The van der Waals surface area contributed by atoms with Crippen LogP contribution in [-0.2, 0) is 4.79 Å². The van der Waals surface area contributed by atoms with E-state index < -0.39 is 0 Å². The van der Waals surface area contributed by atoms with E-state index >= 15 is 0 Å². The molecule has 0 fully saturated rings. The molecule has 0 bridgehead atoms. The third-order valence-corrected chi connectivity index (χ3v) is 4.33. The van der Waals surface area contributed by atoms with E-state index in [0.29, 0.717) is 30.0 Å². The van der Waals surface area contributed by atoms with Crippen molar-refractivity contribution in [2.75, 3.05) is 11.4 Å². The summed E-state index contributed by atoms with van der Waals surface area (Å²) in [4.78, 5) is 25.6. The Morgan fingerprint density at radius 3 is 2.43 bits per heavy atom. The number of benzene rings is 1. The van der Waals surface area contributed by atoms with Crippen molar-refractivity contribution in [1.82, 2.24) is 0 Å². The van der Waals surface area contributed by atoms with Crippen LogP contribution in [0.15, 0.2) is 18.2 Å². The largest absolute Gasteiger partial charge is 0.483 e. The predicted octanol–water partition coefficient (Wildman–Crippen LogP) is 3.58. The Labute approximate surface area is 126 Å². The lowest BCUT2D eigenvalue weighted by Crippen LogP contribution is -2.51. The summed E-state index contributed by atoms with van der Waals surface area (Å²) >= 11 is 0. The lowest BCUT2D eigenvalue weighted by atomic mass is 9.93. The smallest absolute Gasteiger partial charge is 0.224 e. The molecule has 0 unspecified atom stereocenters. The van der Waals surface area contributed by atoms with Gasteiger partial charge in [-0.2, -0.15) is 0 Å². The zero-order chi connectivity index (χ0) is 15.6. The van der Waals surface area contributed by atoms with E-state index in [4.69, 9.17) is 4.74 Å². The summed E-state index contributed by atoms with van der Waals surface area (Å²) in [5.74, 6) is 0.740. The summed E-state index contributed by atoms with van der Waals surface area (Å²) in [6, 6.07) is 5.37. The van der Waals surface area contributed by atoms with E-state index in [9.17, 15) is 9.59 Å². The molecule has 0 radical (unpaired) electrons. The van der Waals surface area contributed by atoms with E-state index in [2.05, 4.69) is 13.8 Å². The molecule has 1 amide bonds. The van der Waals surface area contributed by atoms with Gasteiger partial charge in [0, 0.05) is 18.9 Å². The third-order valence-electron chi connectivity index (χ3n) is 4.33. The zero-order valence-corrected chi connectivity index (χ0v) is 13.2. The van der Waals surface area contributed by atoms with Crippen LogP contribution in [0.4, 0.5) is 5.69 Å². The SMILES string of the molecule is CCC(=O)c1ccc2c(c1)N(C(C)=O)CC(CC)(CC)O2. The number of Topliss-reactive ketones (excluding diaryl/α,β-unsaturated/α-hetero) is 1. The highest BCUT2D eigenvalue weighted by Crippen LogP contribution is 2.40. The molecule has 0 aliphatic carbocycles. The molecular weight excluding hydrogens is 266 g/mol. The molecule has 0 saturated carbocycles. The van der Waals surface area contributed by atoms with E-state index in [1.165, 1.54) is 0 Å². The van der Waals surface area contributed by atoms with Crippen molar-refractivity contribution >= 4 is 17.4 Å². The van der Waals surface area contributed by atoms with Gasteiger partial charge in [0.15, 0.2) is 5.78 Å². The quantitative estimate of drug-likeness (QED) is 0.796. The molecule has 4 heteroatoms. The van der Waals surface area contributed by atoms with E-state index in [-0.39, 0.29) is 17.3 Å². The van der Waals surface area contributed by atoms with Gasteiger partial charge in [-0.15, -0.1) is 0 Å². The van der Waals surface area contributed by atoms with Gasteiger partial charge in [-0.25, -0.2) is 0 Å². The third kappa shape index (κ3) is 2.80. The molecule has 114 valence electrons. The Balaban J connectivity index is 2.50. The van der Waals surface area contributed by atoms with Crippen molar-refractivity contribution < 1.29 is 14.3 Å². The number of anilines is 1. The maximum Gasteiger partial charge on any atom is 0.224 e. The lowest BCUT2D eigenvalue weighted by molar-refractivity contribution is -0.117. The number of hydrogen-bond acceptors (Lipinski definition) is 3. The Bertz CT molecular complexity index is 561. The first-order chi connectivity index (χ1) is 9.96. The Hall–Kier alpha value is -1.84. The van der Waals surface area contributed by atoms with Crippen LogP contribution in [0.25, 0.3) is 0 Å². The van der Waals surface area contributed by atoms with Crippen molar-refractivity contribution in [2.45, 2.75) is 52.6 Å². The number of ether oxygens (including phenoxy) is 1. The summed E-state index contributed by atoms with van der Waals surface area (Å²) in [5, 5.41) is 0. The molecule has 1 aliphatic heterocycles. The van der Waals surface area contributed by atoms with Gasteiger partial charge in [0.2, 0.25) is 5.91 Å². The van der Waals surface area contributed by atoms with Gasteiger partial charge in [0.05, 0.1) is 12.2 Å². The van der Waals surface area contributed by atoms with E-state index in [1.807, 2.05) is 13.0 Å². The summed E-state index contributed by atoms with van der Waals surface area (Å²) in [6.45, 7) is 8.06. The van der Waals surface area contributed by atoms with Crippen LogP contribution in [0.5, 0.6) is 5.75 Å². The molecule has 1 aliphatic rings. The van der Waals surface area contributed by atoms with E-state index in [1.54, 1.807) is 24.0 Å². The summed E-state index contributed by atoms with van der Waals surface area (Å²) in [5.41, 5.74) is 1.00. The van der Waals surface area contributed by atoms with Gasteiger partial charge in [0.25, 0.3) is 0 Å². The Morgan fingerprint density at radius 1 is 1.24 bits per heavy atom. The van der Waals surface area contributed by atoms with Crippen LogP contribution in [0.1, 0.15) is 57.3 Å². The molecule has 0 saturated heterocycles. The number of carbonyl (C=O) groups excluding carboxylic acids is 2. The van der Waals surface area contributed by atoms with Gasteiger partial charge >= 0.3 is 0 Å². The first-order valence-electron chi connectivity index (χ1n) is 7.60. The number of ketones is 1. The minimum atomic E-state index is -0.338. The van der Waals surface area contributed by atoms with Gasteiger partial charge in [-0.3, -0.25) is 9.59 Å². The molecule has 0 aromatic heterocycles. The minimum Gasteiger partial charge on any atom is -0.483 e. The van der Waals surface area contributed by atoms with Crippen LogP contribution in [-0.4, -0.2) is 23.8 Å². The first kappa shape index (κ1) is 15.5. The fraction of sp³-hybridized carbons (Fsp3) is 0.529. The van der Waals surface area contributed by atoms with Gasteiger partial charge < -0.3 is 9.64 Å². The van der Waals surface area contributed by atoms with Gasteiger partial charge in [-0.1, -0.05) is 20.8 Å². The minimum absolute atomic E-state index is 0.0214. The number of fused-ring (bicyclic) bond motifs is 1. The second-order valence-corrected chi connectivity index (χ2v) is 5.56. The molecule has 0 spiro atoms.